The van der Waals surface area contributed by atoms with Gasteiger partial charge in [-0.15, -0.1) is 13.2 Å². The Morgan fingerprint density at radius 3 is 2.38 bits per heavy atom. The second kappa shape index (κ2) is 11.6. The Bertz CT molecular complexity index is 1780. The number of likely N-dealkylation sites (tertiary alicyclic amines) is 1. The molecule has 216 valence electrons. The lowest BCUT2D eigenvalue weighted by Gasteiger charge is -2.32. The van der Waals surface area contributed by atoms with Gasteiger partial charge in [-0.1, -0.05) is 60.3 Å². The monoisotopic (exact) mass is 592 g/mol. The highest BCUT2D eigenvalue weighted by Crippen LogP contribution is 2.29. The van der Waals surface area contributed by atoms with Gasteiger partial charge in [0.05, 0.1) is 11.4 Å². The number of benzene rings is 3. The van der Waals surface area contributed by atoms with Crippen LogP contribution in [-0.4, -0.2) is 50.5 Å². The molecule has 42 heavy (non-hydrogen) atoms. The second-order valence-corrected chi connectivity index (χ2v) is 11.2. The third-order valence-corrected chi connectivity index (χ3v) is 8.41. The largest absolute Gasteiger partial charge is 0.573 e. The fourth-order valence-corrected chi connectivity index (χ4v) is 6.32. The minimum absolute atomic E-state index is 0.0492. The summed E-state index contributed by atoms with van der Waals surface area (Å²) in [6, 6.07) is 22.7. The smallest absolute Gasteiger partial charge is 0.406 e. The molecular formula is C31H27F3N4O3S. The quantitative estimate of drug-likeness (QED) is 0.176. The first-order valence-corrected chi connectivity index (χ1v) is 14.6. The molecule has 7 nitrogen and oxygen atoms in total. The Morgan fingerprint density at radius 2 is 1.67 bits per heavy atom. The normalized spacial score (nSPS) is 14.5. The lowest BCUT2D eigenvalue weighted by atomic mass is 9.90. The summed E-state index contributed by atoms with van der Waals surface area (Å²) in [5.41, 5.74) is 2.65. The molecule has 0 unspecified atom stereocenters. The first-order valence-electron chi connectivity index (χ1n) is 13.6. The summed E-state index contributed by atoms with van der Waals surface area (Å²) >= 11 is 1.14. The number of para-hydroxylation sites is 1. The van der Waals surface area contributed by atoms with Crippen molar-refractivity contribution >= 4 is 39.6 Å². The molecule has 2 aromatic heterocycles. The summed E-state index contributed by atoms with van der Waals surface area (Å²) in [4.78, 5) is 36.7. The van der Waals surface area contributed by atoms with Gasteiger partial charge in [0.15, 0.2) is 5.16 Å². The number of alkyl halides is 3. The van der Waals surface area contributed by atoms with Crippen LogP contribution in [0.5, 0.6) is 5.75 Å². The van der Waals surface area contributed by atoms with Gasteiger partial charge in [0.2, 0.25) is 5.91 Å². The number of hydrogen-bond donors (Lipinski definition) is 1. The molecule has 5 aromatic rings. The van der Waals surface area contributed by atoms with Crippen LogP contribution in [0.3, 0.4) is 0 Å². The number of H-pyrrole nitrogens is 1. The van der Waals surface area contributed by atoms with Gasteiger partial charge in [0, 0.05) is 24.0 Å². The molecule has 1 saturated heterocycles. The van der Waals surface area contributed by atoms with E-state index in [0.717, 1.165) is 54.1 Å². The van der Waals surface area contributed by atoms with Crippen molar-refractivity contribution in [1.29, 1.82) is 0 Å². The number of fused-ring (bicyclic) bond motifs is 3. The van der Waals surface area contributed by atoms with E-state index < -0.39 is 17.7 Å². The lowest BCUT2D eigenvalue weighted by molar-refractivity contribution is -0.274. The summed E-state index contributed by atoms with van der Waals surface area (Å²) < 4.78 is 43.4. The van der Waals surface area contributed by atoms with E-state index in [4.69, 9.17) is 4.98 Å². The Kier molecular flexibility index (Phi) is 7.68. The molecule has 6 rings (SSSR count). The highest BCUT2D eigenvalue weighted by Gasteiger charge is 2.31. The number of aromatic amines is 1. The molecule has 1 aliphatic heterocycles. The number of piperidine rings is 1. The van der Waals surface area contributed by atoms with Crippen LogP contribution in [0.15, 0.2) is 88.8 Å². The summed E-state index contributed by atoms with van der Waals surface area (Å²) in [5.74, 6) is 0.134. The maximum Gasteiger partial charge on any atom is 0.573 e. The molecule has 1 fully saturated rings. The number of carbonyl (C=O) groups excluding carboxylic acids is 1. The van der Waals surface area contributed by atoms with Crippen molar-refractivity contribution in [3.05, 3.63) is 94.8 Å². The molecule has 0 saturated carbocycles. The summed E-state index contributed by atoms with van der Waals surface area (Å²) in [6.07, 6.45) is -2.00. The third kappa shape index (κ3) is 6.01. The van der Waals surface area contributed by atoms with Crippen molar-refractivity contribution in [2.75, 3.05) is 18.8 Å². The van der Waals surface area contributed by atoms with E-state index in [1.54, 1.807) is 0 Å². The van der Waals surface area contributed by atoms with E-state index in [-0.39, 0.29) is 22.3 Å². The average Bonchev–Trinajstić information content (AvgIpc) is 3.36. The summed E-state index contributed by atoms with van der Waals surface area (Å²) in [5, 5.41) is 1.04. The minimum atomic E-state index is -4.83. The van der Waals surface area contributed by atoms with Gasteiger partial charge in [-0.05, 0) is 61.1 Å². The van der Waals surface area contributed by atoms with E-state index in [0.29, 0.717) is 30.2 Å². The van der Waals surface area contributed by atoms with Crippen LogP contribution in [0.1, 0.15) is 18.4 Å². The first-order chi connectivity index (χ1) is 20.2. The van der Waals surface area contributed by atoms with Crippen molar-refractivity contribution in [2.24, 2.45) is 5.92 Å². The fourth-order valence-electron chi connectivity index (χ4n) is 5.42. The van der Waals surface area contributed by atoms with Crippen LogP contribution >= 0.6 is 11.8 Å². The van der Waals surface area contributed by atoms with Crippen molar-refractivity contribution in [3.8, 4) is 11.4 Å². The van der Waals surface area contributed by atoms with Gasteiger partial charge in [-0.3, -0.25) is 14.2 Å². The number of halogens is 3. The standard InChI is InChI=1S/C31H27F3N4O3S/c32-31(33,34)41-23-12-10-22(11-13-23)38-29(40)28-27(24-8-4-5-9-25(24)35-28)36-30(38)42-19-26(39)37-16-14-21(15-17-37)18-20-6-2-1-3-7-20/h1-13,21,35H,14-19H2. The summed E-state index contributed by atoms with van der Waals surface area (Å²) in [6.45, 7) is 1.33. The molecule has 0 atom stereocenters. The molecule has 3 heterocycles. The second-order valence-electron chi connectivity index (χ2n) is 10.3. The van der Waals surface area contributed by atoms with E-state index in [9.17, 15) is 22.8 Å². The maximum atomic E-state index is 13.7. The Morgan fingerprint density at radius 1 is 0.976 bits per heavy atom. The van der Waals surface area contributed by atoms with Crippen LogP contribution in [0.4, 0.5) is 13.2 Å². The van der Waals surface area contributed by atoms with Gasteiger partial charge >= 0.3 is 6.36 Å². The van der Waals surface area contributed by atoms with Crippen LogP contribution in [0.2, 0.25) is 0 Å². The minimum Gasteiger partial charge on any atom is -0.406 e. The zero-order valence-electron chi connectivity index (χ0n) is 22.4. The fraction of sp³-hybridized carbons (Fsp3) is 0.258. The van der Waals surface area contributed by atoms with E-state index >= 15 is 0 Å². The number of ether oxygens (including phenoxy) is 1. The first kappa shape index (κ1) is 27.9. The summed E-state index contributed by atoms with van der Waals surface area (Å²) in [7, 11) is 0. The molecule has 0 aliphatic carbocycles. The van der Waals surface area contributed by atoms with Gasteiger partial charge < -0.3 is 14.6 Å². The number of hydrogen-bond acceptors (Lipinski definition) is 5. The van der Waals surface area contributed by atoms with Gasteiger partial charge in [-0.25, -0.2) is 4.98 Å². The number of nitrogens with zero attached hydrogens (tertiary/aromatic N) is 3. The highest BCUT2D eigenvalue weighted by atomic mass is 32.2. The number of aromatic nitrogens is 3. The van der Waals surface area contributed by atoms with Gasteiger partial charge in [0.25, 0.3) is 5.56 Å². The number of rotatable bonds is 7. The lowest BCUT2D eigenvalue weighted by Crippen LogP contribution is -2.40. The number of amides is 1. The predicted octanol–water partition coefficient (Wildman–Crippen LogP) is 6.34. The van der Waals surface area contributed by atoms with Crippen molar-refractivity contribution in [1.82, 2.24) is 19.4 Å². The third-order valence-electron chi connectivity index (χ3n) is 7.48. The Labute approximate surface area is 243 Å². The molecule has 3 aromatic carbocycles. The van der Waals surface area contributed by atoms with Crippen molar-refractivity contribution < 1.29 is 22.7 Å². The van der Waals surface area contributed by atoms with E-state index in [2.05, 4.69) is 21.9 Å². The maximum absolute atomic E-state index is 13.7. The molecule has 0 bridgehead atoms. The average molecular weight is 593 g/mol. The van der Waals surface area contributed by atoms with Gasteiger partial charge in [-0.2, -0.15) is 0 Å². The van der Waals surface area contributed by atoms with E-state index in [1.807, 2.05) is 47.4 Å². The topological polar surface area (TPSA) is 80.2 Å². The SMILES string of the molecule is O=C(CSc1nc2c([nH]c3ccccc32)c(=O)n1-c1ccc(OC(F)(F)F)cc1)N1CCC(Cc2ccccc2)CC1. The van der Waals surface area contributed by atoms with Crippen LogP contribution in [-0.2, 0) is 11.2 Å². The van der Waals surface area contributed by atoms with Crippen LogP contribution in [0.25, 0.3) is 27.6 Å². The van der Waals surface area contributed by atoms with Crippen molar-refractivity contribution in [2.45, 2.75) is 30.8 Å². The molecule has 0 radical (unpaired) electrons. The molecule has 1 N–H and O–H groups in total. The zero-order chi connectivity index (χ0) is 29.3. The van der Waals surface area contributed by atoms with Gasteiger partial charge in [0.1, 0.15) is 16.8 Å². The molecule has 0 spiro atoms. The molecular weight excluding hydrogens is 565 g/mol. The number of nitrogens with one attached hydrogen (secondary N) is 1. The van der Waals surface area contributed by atoms with E-state index in [1.165, 1.54) is 22.3 Å². The Hall–Kier alpha value is -4.25. The molecule has 1 amide bonds. The molecule has 1 aliphatic rings. The molecule has 11 heteroatoms. The zero-order valence-corrected chi connectivity index (χ0v) is 23.3. The predicted molar refractivity (Wildman–Crippen MR) is 156 cm³/mol. The van der Waals surface area contributed by atoms with Crippen LogP contribution in [0, 0.1) is 5.92 Å². The Balaban J connectivity index is 1.24. The number of carbonyl (C=O) groups is 1. The van der Waals surface area contributed by atoms with Crippen molar-refractivity contribution in [3.63, 3.8) is 0 Å². The number of thioether (sulfide) groups is 1. The van der Waals surface area contributed by atoms with Crippen LogP contribution < -0.4 is 10.3 Å². The highest BCUT2D eigenvalue weighted by molar-refractivity contribution is 7.99.